The molecular formula is C16H22N2O. The van der Waals surface area contributed by atoms with E-state index in [1.807, 2.05) is 31.3 Å². The molecule has 0 aliphatic heterocycles. The van der Waals surface area contributed by atoms with E-state index in [9.17, 15) is 0 Å². The Morgan fingerprint density at radius 1 is 1.21 bits per heavy atom. The second-order valence-electron chi connectivity index (χ2n) is 5.23. The van der Waals surface area contributed by atoms with Gasteiger partial charge >= 0.3 is 0 Å². The molecule has 19 heavy (non-hydrogen) atoms. The third kappa shape index (κ3) is 3.24. The molecular weight excluding hydrogens is 236 g/mol. The molecule has 0 aliphatic carbocycles. The number of benzene rings is 1. The van der Waals surface area contributed by atoms with Crippen LogP contribution in [-0.4, -0.2) is 18.1 Å². The first-order chi connectivity index (χ1) is 9.11. The Bertz CT molecular complexity index is 551. The van der Waals surface area contributed by atoms with E-state index in [1.165, 1.54) is 0 Å². The average molecular weight is 258 g/mol. The number of hydrogen-bond donors (Lipinski definition) is 1. The third-order valence-corrected chi connectivity index (χ3v) is 3.34. The molecule has 0 fully saturated rings. The summed E-state index contributed by atoms with van der Waals surface area (Å²) < 4.78 is 6.11. The number of hydrogen-bond acceptors (Lipinski definition) is 3. The van der Waals surface area contributed by atoms with Gasteiger partial charge in [-0.1, -0.05) is 26.0 Å². The van der Waals surface area contributed by atoms with Crippen molar-refractivity contribution in [3.63, 3.8) is 0 Å². The van der Waals surface area contributed by atoms with Crippen molar-refractivity contribution in [2.75, 3.05) is 7.05 Å². The maximum Gasteiger partial charge on any atom is 0.130 e. The molecule has 0 bridgehead atoms. The number of pyridine rings is 1. The molecule has 1 N–H and O–H groups in total. The zero-order chi connectivity index (χ0) is 13.8. The van der Waals surface area contributed by atoms with Crippen molar-refractivity contribution in [3.05, 3.63) is 36.0 Å². The van der Waals surface area contributed by atoms with Crippen molar-refractivity contribution >= 4 is 10.9 Å². The topological polar surface area (TPSA) is 34.1 Å². The smallest absolute Gasteiger partial charge is 0.130 e. The van der Waals surface area contributed by atoms with Gasteiger partial charge in [0, 0.05) is 18.0 Å². The van der Waals surface area contributed by atoms with E-state index in [0.717, 1.165) is 28.9 Å². The number of nitrogens with one attached hydrogen (secondary N) is 1. The monoisotopic (exact) mass is 258 g/mol. The fourth-order valence-corrected chi connectivity index (χ4v) is 1.90. The van der Waals surface area contributed by atoms with Crippen LogP contribution in [0.15, 0.2) is 30.3 Å². The van der Waals surface area contributed by atoms with E-state index in [0.29, 0.717) is 5.92 Å². The van der Waals surface area contributed by atoms with Crippen LogP contribution in [0.2, 0.25) is 0 Å². The molecule has 1 heterocycles. The van der Waals surface area contributed by atoms with E-state index < -0.39 is 0 Å². The highest BCUT2D eigenvalue weighted by atomic mass is 16.5. The van der Waals surface area contributed by atoms with E-state index in [-0.39, 0.29) is 6.10 Å². The van der Waals surface area contributed by atoms with Gasteiger partial charge in [0.15, 0.2) is 0 Å². The van der Waals surface area contributed by atoms with E-state index in [2.05, 4.69) is 37.1 Å². The van der Waals surface area contributed by atoms with Gasteiger partial charge in [0.25, 0.3) is 0 Å². The lowest BCUT2D eigenvalue weighted by molar-refractivity contribution is 0.172. The Balaban J connectivity index is 2.44. The lowest BCUT2D eigenvalue weighted by atomic mass is 10.1. The third-order valence-electron chi connectivity index (χ3n) is 3.34. The normalized spacial score (nSPS) is 12.9. The van der Waals surface area contributed by atoms with E-state index >= 15 is 0 Å². The highest BCUT2D eigenvalue weighted by Gasteiger charge is 2.12. The minimum atomic E-state index is 0.188. The standard InChI is InChI=1S/C16H22N2O/c1-11(2)12(3)19-16-9-13(10-17-4)18-15-8-6-5-7-14(15)16/h5-9,11-12,17H,10H2,1-4H3. The molecule has 0 spiro atoms. The number of aromatic nitrogens is 1. The Morgan fingerprint density at radius 2 is 1.95 bits per heavy atom. The molecule has 1 unspecified atom stereocenters. The molecule has 1 aromatic carbocycles. The summed E-state index contributed by atoms with van der Waals surface area (Å²) in [6.45, 7) is 7.19. The first kappa shape index (κ1) is 13.8. The van der Waals surface area contributed by atoms with E-state index in [4.69, 9.17) is 4.74 Å². The van der Waals surface area contributed by atoms with Crippen molar-refractivity contribution in [2.24, 2.45) is 5.92 Å². The lowest BCUT2D eigenvalue weighted by Gasteiger charge is -2.20. The summed E-state index contributed by atoms with van der Waals surface area (Å²) in [7, 11) is 1.92. The van der Waals surface area contributed by atoms with Gasteiger partial charge in [-0.15, -0.1) is 0 Å². The maximum atomic E-state index is 6.11. The SMILES string of the molecule is CNCc1cc(OC(C)C(C)C)c2ccccc2n1. The minimum absolute atomic E-state index is 0.188. The van der Waals surface area contributed by atoms with Gasteiger partial charge in [-0.25, -0.2) is 0 Å². The fraction of sp³-hybridized carbons (Fsp3) is 0.438. The summed E-state index contributed by atoms with van der Waals surface area (Å²) in [5.74, 6) is 1.41. The van der Waals surface area contributed by atoms with Crippen LogP contribution in [0.1, 0.15) is 26.5 Å². The predicted molar refractivity (Wildman–Crippen MR) is 79.4 cm³/mol. The first-order valence-corrected chi connectivity index (χ1v) is 6.81. The first-order valence-electron chi connectivity index (χ1n) is 6.81. The molecule has 0 radical (unpaired) electrons. The zero-order valence-corrected chi connectivity index (χ0v) is 12.1. The predicted octanol–water partition coefficient (Wildman–Crippen LogP) is 3.38. The molecule has 1 atom stereocenters. The molecule has 3 heteroatoms. The quantitative estimate of drug-likeness (QED) is 0.892. The van der Waals surface area contributed by atoms with Crippen LogP contribution in [0.5, 0.6) is 5.75 Å². The summed E-state index contributed by atoms with van der Waals surface area (Å²) in [6, 6.07) is 10.2. The number of para-hydroxylation sites is 1. The number of ether oxygens (including phenoxy) is 1. The Hall–Kier alpha value is -1.61. The van der Waals surface area contributed by atoms with Gasteiger partial charge in [-0.3, -0.25) is 4.98 Å². The molecule has 2 aromatic rings. The minimum Gasteiger partial charge on any atom is -0.490 e. The van der Waals surface area contributed by atoms with Crippen LogP contribution in [0.3, 0.4) is 0 Å². The Morgan fingerprint density at radius 3 is 2.63 bits per heavy atom. The van der Waals surface area contributed by atoms with Crippen LogP contribution < -0.4 is 10.1 Å². The Labute approximate surface area is 115 Å². The second-order valence-corrected chi connectivity index (χ2v) is 5.23. The summed E-state index contributed by atoms with van der Waals surface area (Å²) in [5.41, 5.74) is 1.99. The molecule has 0 amide bonds. The van der Waals surface area contributed by atoms with Crippen LogP contribution in [0, 0.1) is 5.92 Å². The molecule has 102 valence electrons. The van der Waals surface area contributed by atoms with Crippen LogP contribution >= 0.6 is 0 Å². The average Bonchev–Trinajstić information content (AvgIpc) is 2.39. The van der Waals surface area contributed by atoms with Gasteiger partial charge < -0.3 is 10.1 Å². The van der Waals surface area contributed by atoms with Gasteiger partial charge in [-0.2, -0.15) is 0 Å². The van der Waals surface area contributed by atoms with Crippen LogP contribution in [-0.2, 0) is 6.54 Å². The van der Waals surface area contributed by atoms with Crippen molar-refractivity contribution < 1.29 is 4.74 Å². The van der Waals surface area contributed by atoms with Crippen molar-refractivity contribution in [3.8, 4) is 5.75 Å². The van der Waals surface area contributed by atoms with Crippen LogP contribution in [0.4, 0.5) is 0 Å². The van der Waals surface area contributed by atoms with Crippen molar-refractivity contribution in [2.45, 2.75) is 33.4 Å². The fourth-order valence-electron chi connectivity index (χ4n) is 1.90. The highest BCUT2D eigenvalue weighted by molar-refractivity contribution is 5.85. The summed E-state index contributed by atoms with van der Waals surface area (Å²) >= 11 is 0. The van der Waals surface area contributed by atoms with Gasteiger partial charge in [0.2, 0.25) is 0 Å². The molecule has 0 saturated heterocycles. The number of nitrogens with zero attached hydrogens (tertiary/aromatic N) is 1. The molecule has 3 nitrogen and oxygen atoms in total. The summed E-state index contributed by atoms with van der Waals surface area (Å²) in [6.07, 6.45) is 0.188. The van der Waals surface area contributed by atoms with Crippen molar-refractivity contribution in [1.29, 1.82) is 0 Å². The number of fused-ring (bicyclic) bond motifs is 1. The second kappa shape index (κ2) is 6.02. The lowest BCUT2D eigenvalue weighted by Crippen LogP contribution is -2.19. The summed E-state index contributed by atoms with van der Waals surface area (Å²) in [5, 5.41) is 4.21. The number of rotatable bonds is 5. The van der Waals surface area contributed by atoms with Gasteiger partial charge in [-0.05, 0) is 32.0 Å². The van der Waals surface area contributed by atoms with Gasteiger partial charge in [0.1, 0.15) is 5.75 Å². The molecule has 0 saturated carbocycles. The van der Waals surface area contributed by atoms with Crippen molar-refractivity contribution in [1.82, 2.24) is 10.3 Å². The molecule has 2 rings (SSSR count). The zero-order valence-electron chi connectivity index (χ0n) is 12.1. The van der Waals surface area contributed by atoms with E-state index in [1.54, 1.807) is 0 Å². The summed E-state index contributed by atoms with van der Waals surface area (Å²) in [4.78, 5) is 4.64. The van der Waals surface area contributed by atoms with Gasteiger partial charge in [0.05, 0.1) is 17.3 Å². The maximum absolute atomic E-state index is 6.11. The largest absolute Gasteiger partial charge is 0.490 e. The Kier molecular flexibility index (Phi) is 4.38. The molecule has 0 aliphatic rings. The highest BCUT2D eigenvalue weighted by Crippen LogP contribution is 2.27. The van der Waals surface area contributed by atoms with Crippen LogP contribution in [0.25, 0.3) is 10.9 Å². The molecule has 1 aromatic heterocycles.